The van der Waals surface area contributed by atoms with Crippen molar-refractivity contribution in [2.75, 3.05) is 49.5 Å². The van der Waals surface area contributed by atoms with Gasteiger partial charge in [0.25, 0.3) is 0 Å². The minimum absolute atomic E-state index is 0.198. The van der Waals surface area contributed by atoms with Crippen LogP contribution in [-0.4, -0.2) is 68.1 Å². The van der Waals surface area contributed by atoms with E-state index in [0.29, 0.717) is 21.8 Å². The Morgan fingerprint density at radius 2 is 1.83 bits per heavy atom. The normalized spacial score (nSPS) is 15.2. The molecule has 0 aliphatic carbocycles. The van der Waals surface area contributed by atoms with Gasteiger partial charge in [0.2, 0.25) is 0 Å². The summed E-state index contributed by atoms with van der Waals surface area (Å²) < 4.78 is 14.6. The fourth-order valence-corrected chi connectivity index (χ4v) is 5.33. The molecule has 1 atom stereocenters. The molecule has 0 spiro atoms. The fourth-order valence-electron chi connectivity index (χ4n) is 4.18. The van der Waals surface area contributed by atoms with Gasteiger partial charge in [0.1, 0.15) is 34.3 Å². The van der Waals surface area contributed by atoms with Crippen LogP contribution >= 0.6 is 0 Å². The smallest absolute Gasteiger partial charge is 0.199 e. The average molecular weight is 488 g/mol. The quantitative estimate of drug-likeness (QED) is 0.382. The van der Waals surface area contributed by atoms with Gasteiger partial charge in [-0.05, 0) is 36.4 Å². The van der Waals surface area contributed by atoms with Crippen molar-refractivity contribution in [2.24, 2.45) is 0 Å². The molecule has 1 unspecified atom stereocenters. The summed E-state index contributed by atoms with van der Waals surface area (Å²) in [5, 5.41) is 26.9. The van der Waals surface area contributed by atoms with Crippen LogP contribution < -0.4 is 10.2 Å². The number of aromatic nitrogens is 3. The number of nitrogens with one attached hydrogen (secondary N) is 1. The molecule has 2 aromatic carbocycles. The number of hydrogen-bond donors (Lipinski definition) is 2. The van der Waals surface area contributed by atoms with Crippen LogP contribution in [0.1, 0.15) is 5.56 Å². The Hall–Kier alpha value is -3.62. The number of hydrogen-bond acceptors (Lipinski definition) is 8. The van der Waals surface area contributed by atoms with Crippen molar-refractivity contribution >= 4 is 39.5 Å². The third-order valence-corrected chi connectivity index (χ3v) is 7.40. The molecule has 178 valence electrons. The zero-order chi connectivity index (χ0) is 24.2. The number of anilines is 3. The van der Waals surface area contributed by atoms with Crippen LogP contribution in [0.4, 0.5) is 17.2 Å². The molecule has 0 bridgehead atoms. The predicted molar refractivity (Wildman–Crippen MR) is 136 cm³/mol. The molecule has 3 heterocycles. The number of rotatable bonds is 7. The van der Waals surface area contributed by atoms with Crippen molar-refractivity contribution in [1.82, 2.24) is 19.1 Å². The summed E-state index contributed by atoms with van der Waals surface area (Å²) in [7, 11) is 0. The Morgan fingerprint density at radius 3 is 2.57 bits per heavy atom. The van der Waals surface area contributed by atoms with Gasteiger partial charge in [0, 0.05) is 61.7 Å². The third-order valence-electron chi connectivity index (χ3n) is 6.07. The van der Waals surface area contributed by atoms with Gasteiger partial charge in [-0.25, -0.2) is 4.98 Å². The van der Waals surface area contributed by atoms with Gasteiger partial charge in [0.05, 0.1) is 12.8 Å². The molecule has 1 aliphatic rings. The van der Waals surface area contributed by atoms with Crippen molar-refractivity contribution in [2.45, 2.75) is 4.90 Å². The van der Waals surface area contributed by atoms with Gasteiger partial charge >= 0.3 is 0 Å². The lowest BCUT2D eigenvalue weighted by Crippen LogP contribution is -2.47. The molecular formula is C25H25N7O2S. The SMILES string of the molecule is N#Cc1ccccc1[S+]([O-])n1ncc2cnc(Nc3ccc(N4CCN(CCO)CC4)cc3)cc21. The Balaban J connectivity index is 1.32. The highest BCUT2D eigenvalue weighted by molar-refractivity contribution is 7.90. The van der Waals surface area contributed by atoms with Crippen molar-refractivity contribution in [1.29, 1.82) is 5.26 Å². The number of nitriles is 1. The van der Waals surface area contributed by atoms with Crippen LogP contribution in [-0.2, 0) is 11.4 Å². The van der Waals surface area contributed by atoms with Crippen molar-refractivity contribution < 1.29 is 9.66 Å². The number of pyridine rings is 1. The lowest BCUT2D eigenvalue weighted by atomic mass is 10.2. The number of aliphatic hydroxyl groups excluding tert-OH is 1. The maximum Gasteiger partial charge on any atom is 0.199 e. The number of fused-ring (bicyclic) bond motifs is 1. The molecule has 4 aromatic rings. The Bertz CT molecular complexity index is 1340. The summed E-state index contributed by atoms with van der Waals surface area (Å²) >= 11 is -1.66. The van der Waals surface area contributed by atoms with Gasteiger partial charge in [-0.2, -0.15) is 5.26 Å². The second-order valence-corrected chi connectivity index (χ2v) is 9.51. The van der Waals surface area contributed by atoms with E-state index in [1.54, 1.807) is 36.7 Å². The lowest BCUT2D eigenvalue weighted by molar-refractivity contribution is 0.189. The van der Waals surface area contributed by atoms with Gasteiger partial charge in [-0.3, -0.25) is 4.90 Å². The van der Waals surface area contributed by atoms with E-state index in [1.807, 2.05) is 18.2 Å². The van der Waals surface area contributed by atoms with Crippen LogP contribution in [0.15, 0.2) is 71.9 Å². The highest BCUT2D eigenvalue weighted by Gasteiger charge is 2.22. The standard InChI is InChI=1S/C25H25N7O2S/c26-16-19-3-1-2-4-24(19)35(34)32-23-15-25(27-17-20(23)18-28-32)29-21-5-7-22(8-6-21)31-11-9-30(10-12-31)13-14-33/h1-8,15,17-18,33H,9-14H2,(H,27,29). The number of nitrogens with zero attached hydrogens (tertiary/aromatic N) is 6. The molecule has 0 saturated carbocycles. The Labute approximate surface area is 206 Å². The maximum atomic E-state index is 13.2. The van der Waals surface area contributed by atoms with E-state index < -0.39 is 11.4 Å². The molecule has 2 N–H and O–H groups in total. The highest BCUT2D eigenvalue weighted by atomic mass is 32.2. The topological polar surface area (TPSA) is 116 Å². The lowest BCUT2D eigenvalue weighted by Gasteiger charge is -2.35. The molecule has 1 fully saturated rings. The van der Waals surface area contributed by atoms with Gasteiger partial charge < -0.3 is 19.9 Å². The fraction of sp³-hybridized carbons (Fsp3) is 0.240. The first-order chi connectivity index (χ1) is 17.2. The summed E-state index contributed by atoms with van der Waals surface area (Å²) in [5.74, 6) is 0.607. The Kier molecular flexibility index (Phi) is 6.83. The largest absolute Gasteiger partial charge is 0.586 e. The summed E-state index contributed by atoms with van der Waals surface area (Å²) in [6.45, 7) is 4.67. The van der Waals surface area contributed by atoms with E-state index in [0.717, 1.165) is 49.5 Å². The number of β-amino-alcohol motifs (C(OH)–C–C–N with tert-alkyl or cyclic N) is 1. The van der Waals surface area contributed by atoms with Crippen LogP contribution in [0.3, 0.4) is 0 Å². The minimum atomic E-state index is -1.66. The minimum Gasteiger partial charge on any atom is -0.586 e. The summed E-state index contributed by atoms with van der Waals surface area (Å²) in [5.41, 5.74) is 3.07. The van der Waals surface area contributed by atoms with Crippen LogP contribution in [0.5, 0.6) is 0 Å². The summed E-state index contributed by atoms with van der Waals surface area (Å²) in [6.07, 6.45) is 3.31. The van der Waals surface area contributed by atoms with Crippen LogP contribution in [0.25, 0.3) is 10.9 Å². The molecule has 0 radical (unpaired) electrons. The van der Waals surface area contributed by atoms with E-state index in [9.17, 15) is 9.81 Å². The number of piperazine rings is 1. The van der Waals surface area contributed by atoms with Crippen molar-refractivity contribution in [3.63, 3.8) is 0 Å². The molecule has 35 heavy (non-hydrogen) atoms. The van der Waals surface area contributed by atoms with Gasteiger partial charge in [0.15, 0.2) is 4.90 Å². The second-order valence-electron chi connectivity index (χ2n) is 8.23. The first-order valence-corrected chi connectivity index (χ1v) is 12.5. The number of aliphatic hydroxyl groups is 1. The first kappa shape index (κ1) is 23.1. The third kappa shape index (κ3) is 4.94. The Morgan fingerprint density at radius 1 is 1.06 bits per heavy atom. The molecule has 1 saturated heterocycles. The zero-order valence-corrected chi connectivity index (χ0v) is 19.9. The predicted octanol–water partition coefficient (Wildman–Crippen LogP) is 2.73. The maximum absolute atomic E-state index is 13.2. The summed E-state index contributed by atoms with van der Waals surface area (Å²) in [6, 6.07) is 18.9. The highest BCUT2D eigenvalue weighted by Crippen LogP contribution is 2.26. The van der Waals surface area contributed by atoms with Gasteiger partial charge in [-0.15, -0.1) is 5.10 Å². The molecule has 5 rings (SSSR count). The monoisotopic (exact) mass is 487 g/mol. The summed E-state index contributed by atoms with van der Waals surface area (Å²) in [4.78, 5) is 9.49. The average Bonchev–Trinajstić information content (AvgIpc) is 3.33. The molecule has 2 aromatic heterocycles. The number of benzene rings is 2. The van der Waals surface area contributed by atoms with Crippen LogP contribution in [0, 0.1) is 11.3 Å². The van der Waals surface area contributed by atoms with Crippen LogP contribution in [0.2, 0.25) is 0 Å². The van der Waals surface area contributed by atoms with Crippen molar-refractivity contribution in [3.8, 4) is 6.07 Å². The first-order valence-electron chi connectivity index (χ1n) is 11.4. The van der Waals surface area contributed by atoms with E-state index in [4.69, 9.17) is 5.11 Å². The van der Waals surface area contributed by atoms with Gasteiger partial charge in [-0.1, -0.05) is 16.2 Å². The molecular weight excluding hydrogens is 462 g/mol. The zero-order valence-electron chi connectivity index (χ0n) is 19.0. The molecule has 9 nitrogen and oxygen atoms in total. The van der Waals surface area contributed by atoms with E-state index in [2.05, 4.69) is 43.4 Å². The van der Waals surface area contributed by atoms with E-state index in [-0.39, 0.29) is 6.61 Å². The van der Waals surface area contributed by atoms with Crippen molar-refractivity contribution in [3.05, 3.63) is 72.6 Å². The molecule has 10 heteroatoms. The second kappa shape index (κ2) is 10.3. The molecule has 0 amide bonds. The van der Waals surface area contributed by atoms with E-state index >= 15 is 0 Å². The molecule has 1 aliphatic heterocycles. The van der Waals surface area contributed by atoms with E-state index in [1.165, 1.54) is 4.09 Å².